The maximum atomic E-state index is 15.8. The Bertz CT molecular complexity index is 2320. The minimum absolute atomic E-state index is 0.0697. The summed E-state index contributed by atoms with van der Waals surface area (Å²) in [5.74, 6) is -1.46. The number of ether oxygens (including phenoxy) is 3. The fourth-order valence-electron chi connectivity index (χ4n) is 9.44. The third-order valence-corrected chi connectivity index (χ3v) is 13.3. The lowest BCUT2D eigenvalue weighted by atomic mass is 9.88. The molecule has 4 fully saturated rings. The second-order valence-corrected chi connectivity index (χ2v) is 17.1. The second kappa shape index (κ2) is 15.9. The molecule has 1 aliphatic carbocycles. The number of methoxy groups -OCH3 is 1. The molecule has 3 aliphatic heterocycles. The number of hydrogen-bond donors (Lipinski definition) is 1. The lowest BCUT2D eigenvalue weighted by Gasteiger charge is -2.32. The summed E-state index contributed by atoms with van der Waals surface area (Å²) < 4.78 is 154. The second-order valence-electron chi connectivity index (χ2n) is 16.1. The number of nitriles is 1. The SMILES string of the molecule is CCN(c1nc(OC[C@@]23CCCN2C[C@H](F)C3)nc2c(C(F)(F)F)c(-c3ccc(F)c4sc(N)c(C#N)c34)c(C(F)(F)F)cc12)[C@H]1C[C@H](COC)N(COCC2C[C@@H]2F)C1. The smallest absolute Gasteiger partial charge is 0.419 e. The van der Waals surface area contributed by atoms with E-state index in [1.54, 1.807) is 17.9 Å². The van der Waals surface area contributed by atoms with Crippen LogP contribution in [0.15, 0.2) is 18.2 Å². The van der Waals surface area contributed by atoms with Crippen molar-refractivity contribution in [2.75, 3.05) is 70.5 Å². The molecule has 0 radical (unpaired) electrons. The van der Waals surface area contributed by atoms with Crippen LogP contribution in [0.2, 0.25) is 0 Å². The number of likely N-dealkylation sites (tertiary alicyclic amines) is 1. The minimum atomic E-state index is -5.52. The highest BCUT2D eigenvalue weighted by atomic mass is 32.1. The van der Waals surface area contributed by atoms with Gasteiger partial charge in [-0.25, -0.2) is 13.2 Å². The van der Waals surface area contributed by atoms with Gasteiger partial charge in [0.05, 0.1) is 52.4 Å². The number of hydrogen-bond acceptors (Lipinski definition) is 11. The number of nitrogens with two attached hydrogens (primary N) is 1. The van der Waals surface area contributed by atoms with Gasteiger partial charge in [0.1, 0.15) is 41.7 Å². The number of benzene rings is 2. The quantitative estimate of drug-likeness (QED) is 0.132. The zero-order valence-corrected chi connectivity index (χ0v) is 33.4. The topological polar surface area (TPSA) is 113 Å². The first-order chi connectivity index (χ1) is 28.5. The van der Waals surface area contributed by atoms with E-state index in [1.165, 1.54) is 7.11 Å². The van der Waals surface area contributed by atoms with Gasteiger partial charge in [0.15, 0.2) is 0 Å². The van der Waals surface area contributed by atoms with E-state index in [0.29, 0.717) is 43.2 Å². The van der Waals surface area contributed by atoms with E-state index >= 15 is 30.7 Å². The van der Waals surface area contributed by atoms with Gasteiger partial charge < -0.3 is 24.8 Å². The molecule has 4 aliphatic rings. The van der Waals surface area contributed by atoms with Crippen LogP contribution in [0.3, 0.4) is 0 Å². The van der Waals surface area contributed by atoms with Crippen molar-refractivity contribution in [2.24, 2.45) is 5.92 Å². The molecule has 10 nitrogen and oxygen atoms in total. The normalized spacial score (nSPS) is 26.0. The van der Waals surface area contributed by atoms with Crippen molar-refractivity contribution in [3.05, 3.63) is 40.7 Å². The van der Waals surface area contributed by atoms with E-state index in [1.807, 2.05) is 9.80 Å². The molecule has 0 bridgehead atoms. The van der Waals surface area contributed by atoms with Gasteiger partial charge in [-0.05, 0) is 56.8 Å². The fraction of sp³-hybridized carbons (Fsp3) is 0.575. The number of rotatable bonds is 13. The molecule has 60 heavy (non-hydrogen) atoms. The molecule has 1 saturated carbocycles. The molecule has 6 atom stereocenters. The molecular weight excluding hydrogens is 830 g/mol. The van der Waals surface area contributed by atoms with Gasteiger partial charge in [-0.1, -0.05) is 6.07 Å². The van der Waals surface area contributed by atoms with E-state index in [0.717, 1.165) is 18.6 Å². The Morgan fingerprint density at radius 2 is 1.85 bits per heavy atom. The van der Waals surface area contributed by atoms with Crippen LogP contribution in [-0.2, 0) is 21.8 Å². The Kier molecular flexibility index (Phi) is 11.3. The van der Waals surface area contributed by atoms with Crippen molar-refractivity contribution < 1.29 is 53.7 Å². The van der Waals surface area contributed by atoms with Crippen molar-refractivity contribution in [2.45, 2.75) is 81.3 Å². The van der Waals surface area contributed by atoms with Crippen LogP contribution in [0.1, 0.15) is 55.7 Å². The van der Waals surface area contributed by atoms with Crippen molar-refractivity contribution in [1.29, 1.82) is 5.26 Å². The number of alkyl halides is 8. The first-order valence-corrected chi connectivity index (χ1v) is 20.5. The predicted octanol–water partition coefficient (Wildman–Crippen LogP) is 8.34. The zero-order chi connectivity index (χ0) is 42.9. The van der Waals surface area contributed by atoms with E-state index in [9.17, 15) is 14.0 Å². The fourth-order valence-corrected chi connectivity index (χ4v) is 10.4. The summed E-state index contributed by atoms with van der Waals surface area (Å²) in [7, 11) is 1.50. The van der Waals surface area contributed by atoms with Gasteiger partial charge in [-0.2, -0.15) is 41.6 Å². The number of anilines is 2. The molecule has 2 aromatic heterocycles. The number of nitrogens with zero attached hydrogens (tertiary/aromatic N) is 6. The highest BCUT2D eigenvalue weighted by Crippen LogP contribution is 2.52. The standard InChI is InChI=1S/C40H42F9N7O3S/c1-3-56(22-10-23(17-57-2)54(15-22)19-58-16-20-9-29(20)43)36-25-11-27(39(44,45)46)31(24-5-6-28(42)34-30(24)26(13-50)35(51)60-34)32(40(47,48)49)33(25)52-37(53-36)59-18-38-7-4-8-55(38)14-21(41)12-38/h5-6,11,20-23,29H,3-4,7-10,12,14-19,51H2,1-2H3/t20?,21-,22+,23-,29+,38+/m1/s1. The van der Waals surface area contributed by atoms with Crippen LogP contribution in [-0.4, -0.2) is 110 Å². The molecule has 0 spiro atoms. The Hall–Kier alpha value is -4.16. The summed E-state index contributed by atoms with van der Waals surface area (Å²) in [6.07, 6.45) is -10.9. The van der Waals surface area contributed by atoms with Crippen molar-refractivity contribution in [3.63, 3.8) is 0 Å². The molecule has 3 saturated heterocycles. The Balaban J connectivity index is 1.33. The minimum Gasteiger partial charge on any atom is -0.461 e. The first kappa shape index (κ1) is 42.5. The van der Waals surface area contributed by atoms with Crippen LogP contribution >= 0.6 is 11.3 Å². The maximum Gasteiger partial charge on any atom is 0.419 e. The highest BCUT2D eigenvalue weighted by molar-refractivity contribution is 7.23. The molecule has 8 rings (SSSR count). The van der Waals surface area contributed by atoms with Gasteiger partial charge >= 0.3 is 18.4 Å². The number of fused-ring (bicyclic) bond motifs is 3. The van der Waals surface area contributed by atoms with Gasteiger partial charge in [0.2, 0.25) is 0 Å². The van der Waals surface area contributed by atoms with Crippen LogP contribution < -0.4 is 15.4 Å². The highest BCUT2D eigenvalue weighted by Gasteiger charge is 2.50. The number of thiophene rings is 1. The molecule has 2 N–H and O–H groups in total. The van der Waals surface area contributed by atoms with Gasteiger partial charge in [0.25, 0.3) is 0 Å². The molecule has 1 unspecified atom stereocenters. The molecule has 20 heteroatoms. The monoisotopic (exact) mass is 871 g/mol. The summed E-state index contributed by atoms with van der Waals surface area (Å²) in [4.78, 5) is 14.2. The van der Waals surface area contributed by atoms with Gasteiger partial charge in [0, 0.05) is 67.5 Å². The average molecular weight is 872 g/mol. The van der Waals surface area contributed by atoms with E-state index in [4.69, 9.17) is 19.9 Å². The van der Waals surface area contributed by atoms with Gasteiger partial charge in [-0.15, -0.1) is 11.3 Å². The molecule has 0 amide bonds. The lowest BCUT2D eigenvalue weighted by Crippen LogP contribution is -2.43. The average Bonchev–Trinajstić information content (AvgIpc) is 3.50. The van der Waals surface area contributed by atoms with Crippen LogP contribution in [0, 0.1) is 23.1 Å². The van der Waals surface area contributed by atoms with Gasteiger partial charge in [-0.3, -0.25) is 9.80 Å². The Labute approximate surface area is 343 Å². The summed E-state index contributed by atoms with van der Waals surface area (Å²) in [5.41, 5.74) is -1.81. The molecule has 4 aromatic rings. The van der Waals surface area contributed by atoms with Crippen LogP contribution in [0.4, 0.5) is 50.3 Å². The summed E-state index contributed by atoms with van der Waals surface area (Å²) in [6, 6.07) is 2.41. The van der Waals surface area contributed by atoms with E-state index < -0.39 is 96.9 Å². The van der Waals surface area contributed by atoms with Crippen molar-refractivity contribution in [1.82, 2.24) is 19.8 Å². The van der Waals surface area contributed by atoms with Crippen LogP contribution in [0.5, 0.6) is 6.01 Å². The number of aromatic nitrogens is 2. The summed E-state index contributed by atoms with van der Waals surface area (Å²) in [6.45, 7) is 3.05. The largest absolute Gasteiger partial charge is 0.461 e. The Morgan fingerprint density at radius 3 is 2.52 bits per heavy atom. The van der Waals surface area contributed by atoms with Crippen LogP contribution in [0.25, 0.3) is 32.1 Å². The molecule has 2 aromatic carbocycles. The molecule has 324 valence electrons. The maximum absolute atomic E-state index is 15.8. The first-order valence-electron chi connectivity index (χ1n) is 19.6. The third-order valence-electron chi connectivity index (χ3n) is 12.3. The molecular formula is C40H42F9N7O3S. The number of nitrogen functional groups attached to an aromatic ring is 1. The van der Waals surface area contributed by atoms with E-state index in [-0.39, 0.29) is 75.4 Å². The molecule has 5 heterocycles. The third kappa shape index (κ3) is 7.69. The lowest BCUT2D eigenvalue weighted by molar-refractivity contribution is -0.141. The Morgan fingerprint density at radius 1 is 1.08 bits per heavy atom. The zero-order valence-electron chi connectivity index (χ0n) is 32.6. The number of likely N-dealkylation sites (N-methyl/N-ethyl adjacent to an activating group) is 1. The summed E-state index contributed by atoms with van der Waals surface area (Å²) in [5, 5.41) is 8.59. The van der Waals surface area contributed by atoms with E-state index in [2.05, 4.69) is 9.97 Å². The van der Waals surface area contributed by atoms with Crippen molar-refractivity contribution in [3.8, 4) is 23.2 Å². The number of halogens is 9. The summed E-state index contributed by atoms with van der Waals surface area (Å²) >= 11 is 0.530. The van der Waals surface area contributed by atoms with Crippen molar-refractivity contribution >= 4 is 43.1 Å². The predicted molar refractivity (Wildman–Crippen MR) is 206 cm³/mol.